The van der Waals surface area contributed by atoms with Crippen molar-refractivity contribution in [2.45, 2.75) is 28.6 Å². The van der Waals surface area contributed by atoms with Crippen molar-refractivity contribution in [2.24, 2.45) is 0 Å². The summed E-state index contributed by atoms with van der Waals surface area (Å²) in [6, 6.07) is 3.89. The molecule has 1 aliphatic rings. The van der Waals surface area contributed by atoms with Gasteiger partial charge in [-0.3, -0.25) is 4.98 Å². The van der Waals surface area contributed by atoms with Crippen LogP contribution in [0.15, 0.2) is 33.9 Å². The first-order valence-electron chi connectivity index (χ1n) is 7.69. The van der Waals surface area contributed by atoms with Gasteiger partial charge in [0, 0.05) is 43.3 Å². The molecule has 0 spiro atoms. The Balaban J connectivity index is 1.72. The van der Waals surface area contributed by atoms with Crippen molar-refractivity contribution >= 4 is 28.2 Å². The number of hydrogen-bond donors (Lipinski definition) is 0. The normalized spacial score (nSPS) is 13.1. The lowest BCUT2D eigenvalue weighted by atomic mass is 10.2. The molecule has 1 aliphatic carbocycles. The molecule has 0 saturated carbocycles. The van der Waals surface area contributed by atoms with Crippen LogP contribution in [-0.4, -0.2) is 39.2 Å². The zero-order chi connectivity index (χ0) is 16.5. The topological polar surface area (TPSA) is 67.7 Å². The lowest BCUT2D eigenvalue weighted by molar-refractivity contribution is 0.895. The minimum atomic E-state index is 0.762. The first-order chi connectivity index (χ1) is 11.7. The zero-order valence-electron chi connectivity index (χ0n) is 13.4. The lowest BCUT2D eigenvalue weighted by Gasteiger charge is -2.08. The van der Waals surface area contributed by atoms with Gasteiger partial charge in [0.25, 0.3) is 0 Å². The molecule has 122 valence electrons. The molecule has 24 heavy (non-hydrogen) atoms. The van der Waals surface area contributed by atoms with Crippen LogP contribution in [0.3, 0.4) is 0 Å². The minimum absolute atomic E-state index is 0.762. The van der Waals surface area contributed by atoms with Crippen molar-refractivity contribution in [2.75, 3.05) is 19.0 Å². The van der Waals surface area contributed by atoms with Gasteiger partial charge in [-0.15, -0.1) is 10.2 Å². The smallest absolute Gasteiger partial charge is 0.208 e. The fraction of sp³-hybridized carbons (Fsp3) is 0.312. The summed E-state index contributed by atoms with van der Waals surface area (Å²) in [5.41, 5.74) is 3.42. The highest BCUT2D eigenvalue weighted by Crippen LogP contribution is 2.37. The average Bonchev–Trinajstić information content (AvgIpc) is 3.24. The maximum Gasteiger partial charge on any atom is 0.208 e. The molecule has 3 aromatic heterocycles. The molecule has 0 unspecified atom stereocenters. The second-order valence-corrected chi connectivity index (χ2v) is 7.91. The molecule has 4 rings (SSSR count). The number of pyridine rings is 1. The van der Waals surface area contributed by atoms with Gasteiger partial charge >= 0.3 is 0 Å². The fourth-order valence-electron chi connectivity index (χ4n) is 2.62. The largest absolute Gasteiger partial charge is 0.353 e. The molecule has 3 aromatic rings. The summed E-state index contributed by atoms with van der Waals surface area (Å²) in [5, 5.41) is 10.4. The van der Waals surface area contributed by atoms with Gasteiger partial charge in [0.05, 0.1) is 0 Å². The maximum atomic E-state index is 4.81. The van der Waals surface area contributed by atoms with Crippen LogP contribution in [0.4, 0.5) is 5.13 Å². The Kier molecular flexibility index (Phi) is 4.15. The van der Waals surface area contributed by atoms with Gasteiger partial charge in [-0.1, -0.05) is 11.3 Å². The highest BCUT2D eigenvalue weighted by atomic mass is 32.2. The van der Waals surface area contributed by atoms with Crippen LogP contribution in [0.5, 0.6) is 0 Å². The molecule has 0 N–H and O–H groups in total. The van der Waals surface area contributed by atoms with E-state index in [0.29, 0.717) is 0 Å². The third-order valence-corrected chi connectivity index (χ3v) is 5.97. The highest BCUT2D eigenvalue weighted by molar-refractivity contribution is 8.01. The Morgan fingerprint density at radius 1 is 1.08 bits per heavy atom. The second kappa shape index (κ2) is 6.45. The maximum absolute atomic E-state index is 4.81. The standard InChI is InChI=1S/C16H16N6S2/c1-22(2)15-20-21-16(24-15)23-14-11-4-3-5-12(11)18-13(19-14)10-6-8-17-9-7-10/h6-9H,3-5H2,1-2H3. The first kappa shape index (κ1) is 15.5. The van der Waals surface area contributed by atoms with E-state index in [0.717, 1.165) is 50.8 Å². The SMILES string of the molecule is CN(C)c1nnc(Sc2nc(-c3ccncc3)nc3c2CCC3)s1. The third kappa shape index (κ3) is 2.99. The number of aromatic nitrogens is 5. The molecular weight excluding hydrogens is 340 g/mol. The molecule has 0 bridgehead atoms. The van der Waals surface area contributed by atoms with Gasteiger partial charge in [0.15, 0.2) is 10.2 Å². The molecule has 0 amide bonds. The van der Waals surface area contributed by atoms with Gasteiger partial charge in [0.2, 0.25) is 5.13 Å². The van der Waals surface area contributed by atoms with E-state index in [2.05, 4.69) is 15.2 Å². The Bertz CT molecular complexity index is 862. The minimum Gasteiger partial charge on any atom is -0.353 e. The predicted molar refractivity (Wildman–Crippen MR) is 95.6 cm³/mol. The second-order valence-electron chi connectivity index (χ2n) is 5.71. The number of hydrogen-bond acceptors (Lipinski definition) is 8. The zero-order valence-corrected chi connectivity index (χ0v) is 15.1. The molecule has 0 radical (unpaired) electrons. The van der Waals surface area contributed by atoms with E-state index >= 15 is 0 Å². The Hall–Kier alpha value is -2.06. The summed E-state index contributed by atoms with van der Waals surface area (Å²) >= 11 is 3.17. The third-order valence-electron chi connectivity index (χ3n) is 3.80. The van der Waals surface area contributed by atoms with Crippen molar-refractivity contribution in [3.63, 3.8) is 0 Å². The number of nitrogens with zero attached hydrogens (tertiary/aromatic N) is 6. The van der Waals surface area contributed by atoms with E-state index in [-0.39, 0.29) is 0 Å². The first-order valence-corrected chi connectivity index (χ1v) is 9.33. The fourth-order valence-corrected chi connectivity index (χ4v) is 4.47. The van der Waals surface area contributed by atoms with Crippen molar-refractivity contribution in [1.29, 1.82) is 0 Å². The van der Waals surface area contributed by atoms with Crippen molar-refractivity contribution in [3.8, 4) is 11.4 Å². The van der Waals surface area contributed by atoms with Crippen LogP contribution in [0.1, 0.15) is 17.7 Å². The van der Waals surface area contributed by atoms with Gasteiger partial charge in [-0.25, -0.2) is 9.97 Å². The number of rotatable bonds is 4. The summed E-state index contributed by atoms with van der Waals surface area (Å²) in [4.78, 5) is 15.6. The van der Waals surface area contributed by atoms with E-state index < -0.39 is 0 Å². The van der Waals surface area contributed by atoms with Gasteiger partial charge < -0.3 is 4.90 Å². The van der Waals surface area contributed by atoms with Crippen molar-refractivity contribution < 1.29 is 0 Å². The summed E-state index contributed by atoms with van der Waals surface area (Å²) in [7, 11) is 3.94. The predicted octanol–water partition coefficient (Wildman–Crippen LogP) is 3.10. The quantitative estimate of drug-likeness (QED) is 0.665. The molecule has 3 heterocycles. The molecule has 0 aromatic carbocycles. The summed E-state index contributed by atoms with van der Waals surface area (Å²) in [6.45, 7) is 0. The van der Waals surface area contributed by atoms with Gasteiger partial charge in [0.1, 0.15) is 5.03 Å². The van der Waals surface area contributed by atoms with E-state index in [9.17, 15) is 0 Å². The van der Waals surface area contributed by atoms with Crippen molar-refractivity contribution in [3.05, 3.63) is 35.8 Å². The van der Waals surface area contributed by atoms with E-state index in [4.69, 9.17) is 9.97 Å². The number of anilines is 1. The lowest BCUT2D eigenvalue weighted by Crippen LogP contribution is -2.07. The van der Waals surface area contributed by atoms with Gasteiger partial charge in [-0.05, 0) is 43.2 Å². The van der Waals surface area contributed by atoms with E-state index in [1.165, 1.54) is 5.56 Å². The molecule has 0 saturated heterocycles. The highest BCUT2D eigenvalue weighted by Gasteiger charge is 2.21. The Morgan fingerprint density at radius 2 is 1.92 bits per heavy atom. The molecule has 6 nitrogen and oxygen atoms in total. The van der Waals surface area contributed by atoms with E-state index in [1.54, 1.807) is 35.5 Å². The van der Waals surface area contributed by atoms with Crippen LogP contribution in [0, 0.1) is 0 Å². The Morgan fingerprint density at radius 3 is 2.67 bits per heavy atom. The summed E-state index contributed by atoms with van der Waals surface area (Å²) in [6.07, 6.45) is 6.73. The van der Waals surface area contributed by atoms with Crippen LogP contribution >= 0.6 is 23.1 Å². The van der Waals surface area contributed by atoms with Crippen molar-refractivity contribution in [1.82, 2.24) is 25.1 Å². The molecule has 0 aliphatic heterocycles. The van der Waals surface area contributed by atoms with Crippen LogP contribution < -0.4 is 4.90 Å². The monoisotopic (exact) mass is 356 g/mol. The van der Waals surface area contributed by atoms with Gasteiger partial charge in [-0.2, -0.15) is 0 Å². The average molecular weight is 356 g/mol. The van der Waals surface area contributed by atoms with Crippen LogP contribution in [0.25, 0.3) is 11.4 Å². The van der Waals surface area contributed by atoms with Crippen LogP contribution in [0.2, 0.25) is 0 Å². The summed E-state index contributed by atoms with van der Waals surface area (Å²) < 4.78 is 0.909. The molecule has 0 atom stereocenters. The molecular formula is C16H16N6S2. The number of aryl methyl sites for hydroxylation is 1. The van der Waals surface area contributed by atoms with E-state index in [1.807, 2.05) is 31.1 Å². The van der Waals surface area contributed by atoms with Crippen LogP contribution in [-0.2, 0) is 12.8 Å². The summed E-state index contributed by atoms with van der Waals surface area (Å²) in [5.74, 6) is 0.762. The molecule has 0 fully saturated rings. The molecule has 8 heteroatoms. The Labute approximate surface area is 148 Å². The number of fused-ring (bicyclic) bond motifs is 1.